The molecule has 0 unspecified atom stereocenters. The van der Waals surface area contributed by atoms with Crippen LogP contribution in [0.1, 0.15) is 22.3 Å². The Morgan fingerprint density at radius 1 is 1.04 bits per heavy atom. The molecular formula is C20H19N3O3. The zero-order chi connectivity index (χ0) is 18.4. The van der Waals surface area contributed by atoms with Crippen LogP contribution in [0.4, 0.5) is 5.69 Å². The molecule has 0 aliphatic carbocycles. The fraction of sp³-hybridized carbons (Fsp3) is 0.150. The lowest BCUT2D eigenvalue weighted by atomic mass is 10.1. The van der Waals surface area contributed by atoms with E-state index < -0.39 is 0 Å². The summed E-state index contributed by atoms with van der Waals surface area (Å²) in [5.41, 5.74) is 2.70. The average molecular weight is 349 g/mol. The van der Waals surface area contributed by atoms with Crippen LogP contribution in [-0.4, -0.2) is 24.0 Å². The van der Waals surface area contributed by atoms with E-state index in [4.69, 9.17) is 4.52 Å². The molecule has 1 aromatic heterocycles. The molecule has 2 N–H and O–H groups in total. The maximum absolute atomic E-state index is 12.7. The number of rotatable bonds is 6. The van der Waals surface area contributed by atoms with Crippen LogP contribution in [0.5, 0.6) is 0 Å². The molecule has 0 radical (unpaired) electrons. The van der Waals surface area contributed by atoms with Gasteiger partial charge in [-0.05, 0) is 18.1 Å². The fourth-order valence-electron chi connectivity index (χ4n) is 2.62. The molecule has 2 amide bonds. The first-order chi connectivity index (χ1) is 12.7. The second kappa shape index (κ2) is 8.11. The summed E-state index contributed by atoms with van der Waals surface area (Å²) in [4.78, 5) is 24.2. The molecule has 26 heavy (non-hydrogen) atoms. The molecule has 2 aromatic carbocycles. The zero-order valence-electron chi connectivity index (χ0n) is 14.4. The predicted molar refractivity (Wildman–Crippen MR) is 98.7 cm³/mol. The van der Waals surface area contributed by atoms with Crippen molar-refractivity contribution in [1.82, 2.24) is 10.5 Å². The Kier molecular flexibility index (Phi) is 5.43. The molecule has 0 aliphatic rings. The van der Waals surface area contributed by atoms with Gasteiger partial charge in [-0.1, -0.05) is 53.7 Å². The number of benzene rings is 2. The fourth-order valence-corrected chi connectivity index (χ4v) is 2.62. The van der Waals surface area contributed by atoms with Crippen LogP contribution < -0.4 is 10.6 Å². The van der Waals surface area contributed by atoms with E-state index in [2.05, 4.69) is 15.8 Å². The van der Waals surface area contributed by atoms with Gasteiger partial charge in [0.1, 0.15) is 5.56 Å². The topological polar surface area (TPSA) is 84.2 Å². The average Bonchev–Trinajstić information content (AvgIpc) is 3.17. The minimum absolute atomic E-state index is 0.0449. The Balaban J connectivity index is 1.80. The predicted octanol–water partition coefficient (Wildman–Crippen LogP) is 3.27. The molecule has 0 saturated carbocycles. The third kappa shape index (κ3) is 3.97. The summed E-state index contributed by atoms with van der Waals surface area (Å²) in [5, 5.41) is 9.26. The zero-order valence-corrected chi connectivity index (χ0v) is 14.4. The van der Waals surface area contributed by atoms with Gasteiger partial charge in [0.2, 0.25) is 5.91 Å². The number of para-hydroxylation sites is 1. The van der Waals surface area contributed by atoms with Crippen LogP contribution in [0.2, 0.25) is 0 Å². The molecular weight excluding hydrogens is 330 g/mol. The van der Waals surface area contributed by atoms with Crippen LogP contribution in [0.15, 0.2) is 65.3 Å². The molecule has 0 fully saturated rings. The number of carbonyl (C=O) groups excluding carboxylic acids is 2. The highest BCUT2D eigenvalue weighted by molar-refractivity contribution is 6.08. The SMILES string of the molecule is CNC(=O)CCc1ccccc1NC(=O)c1cnoc1-c1ccccc1. The Bertz CT molecular complexity index is 903. The van der Waals surface area contributed by atoms with Gasteiger partial charge in [-0.3, -0.25) is 9.59 Å². The van der Waals surface area contributed by atoms with Gasteiger partial charge < -0.3 is 15.2 Å². The Hall–Kier alpha value is -3.41. The Morgan fingerprint density at radius 3 is 2.54 bits per heavy atom. The maximum Gasteiger partial charge on any atom is 0.261 e. The molecule has 0 spiro atoms. The van der Waals surface area contributed by atoms with E-state index >= 15 is 0 Å². The largest absolute Gasteiger partial charge is 0.359 e. The van der Waals surface area contributed by atoms with Crippen molar-refractivity contribution in [2.45, 2.75) is 12.8 Å². The smallest absolute Gasteiger partial charge is 0.261 e. The lowest BCUT2D eigenvalue weighted by Crippen LogP contribution is -2.18. The maximum atomic E-state index is 12.7. The number of nitrogens with one attached hydrogen (secondary N) is 2. The van der Waals surface area contributed by atoms with Crippen LogP contribution in [0.3, 0.4) is 0 Å². The molecule has 3 rings (SSSR count). The van der Waals surface area contributed by atoms with E-state index in [0.29, 0.717) is 29.9 Å². The van der Waals surface area contributed by atoms with E-state index in [9.17, 15) is 9.59 Å². The van der Waals surface area contributed by atoms with Crippen molar-refractivity contribution in [3.05, 3.63) is 71.9 Å². The van der Waals surface area contributed by atoms with Gasteiger partial charge in [-0.2, -0.15) is 0 Å². The summed E-state index contributed by atoms with van der Waals surface area (Å²) in [6.45, 7) is 0. The van der Waals surface area contributed by atoms with Crippen LogP contribution >= 0.6 is 0 Å². The molecule has 0 bridgehead atoms. The Morgan fingerprint density at radius 2 is 1.77 bits per heavy atom. The minimum atomic E-state index is -0.308. The highest BCUT2D eigenvalue weighted by atomic mass is 16.5. The minimum Gasteiger partial charge on any atom is -0.359 e. The molecule has 1 heterocycles. The van der Waals surface area contributed by atoms with Crippen LogP contribution in [-0.2, 0) is 11.2 Å². The summed E-state index contributed by atoms with van der Waals surface area (Å²) >= 11 is 0. The van der Waals surface area contributed by atoms with Crippen LogP contribution in [0, 0.1) is 0 Å². The summed E-state index contributed by atoms with van der Waals surface area (Å²) in [7, 11) is 1.60. The van der Waals surface area contributed by atoms with E-state index in [0.717, 1.165) is 11.1 Å². The van der Waals surface area contributed by atoms with Gasteiger partial charge in [0, 0.05) is 24.7 Å². The highest BCUT2D eigenvalue weighted by Crippen LogP contribution is 2.25. The second-order valence-electron chi connectivity index (χ2n) is 5.72. The highest BCUT2D eigenvalue weighted by Gasteiger charge is 2.18. The first kappa shape index (κ1) is 17.4. The lowest BCUT2D eigenvalue weighted by Gasteiger charge is -2.10. The number of aromatic nitrogens is 1. The number of anilines is 1. The van der Waals surface area contributed by atoms with Crippen molar-refractivity contribution in [3.8, 4) is 11.3 Å². The number of nitrogens with zero attached hydrogens (tertiary/aromatic N) is 1. The molecule has 6 nitrogen and oxygen atoms in total. The normalized spacial score (nSPS) is 10.3. The standard InChI is InChI=1S/C20H19N3O3/c1-21-18(24)12-11-14-7-5-6-10-17(14)23-20(25)16-13-22-26-19(16)15-8-3-2-4-9-15/h2-10,13H,11-12H2,1H3,(H,21,24)(H,23,25). The van der Waals surface area contributed by atoms with Crippen molar-refractivity contribution >= 4 is 17.5 Å². The van der Waals surface area contributed by atoms with Crippen molar-refractivity contribution < 1.29 is 14.1 Å². The number of aryl methyl sites for hydroxylation is 1. The van der Waals surface area contributed by atoms with Gasteiger partial charge in [0.05, 0.1) is 6.20 Å². The van der Waals surface area contributed by atoms with Crippen molar-refractivity contribution in [3.63, 3.8) is 0 Å². The molecule has 132 valence electrons. The molecule has 0 saturated heterocycles. The van der Waals surface area contributed by atoms with Gasteiger partial charge >= 0.3 is 0 Å². The third-order valence-electron chi connectivity index (χ3n) is 4.02. The number of hydrogen-bond donors (Lipinski definition) is 2. The van der Waals surface area contributed by atoms with Crippen molar-refractivity contribution in [1.29, 1.82) is 0 Å². The molecule has 0 aliphatic heterocycles. The van der Waals surface area contributed by atoms with Crippen molar-refractivity contribution in [2.75, 3.05) is 12.4 Å². The quantitative estimate of drug-likeness (QED) is 0.715. The van der Waals surface area contributed by atoms with E-state index in [1.165, 1.54) is 6.20 Å². The molecule has 6 heteroatoms. The van der Waals surface area contributed by atoms with E-state index in [-0.39, 0.29) is 11.8 Å². The van der Waals surface area contributed by atoms with Gasteiger partial charge in [-0.25, -0.2) is 0 Å². The second-order valence-corrected chi connectivity index (χ2v) is 5.72. The monoisotopic (exact) mass is 349 g/mol. The lowest BCUT2D eigenvalue weighted by molar-refractivity contribution is -0.120. The first-order valence-electron chi connectivity index (χ1n) is 8.29. The summed E-state index contributed by atoms with van der Waals surface area (Å²) < 4.78 is 5.27. The first-order valence-corrected chi connectivity index (χ1v) is 8.29. The molecule has 3 aromatic rings. The number of amides is 2. The van der Waals surface area contributed by atoms with Crippen LogP contribution in [0.25, 0.3) is 11.3 Å². The van der Waals surface area contributed by atoms with Gasteiger partial charge in [-0.15, -0.1) is 0 Å². The van der Waals surface area contributed by atoms with Gasteiger partial charge in [0.15, 0.2) is 5.76 Å². The number of carbonyl (C=O) groups is 2. The van der Waals surface area contributed by atoms with E-state index in [1.807, 2.05) is 54.6 Å². The third-order valence-corrected chi connectivity index (χ3v) is 4.02. The number of hydrogen-bond acceptors (Lipinski definition) is 4. The summed E-state index contributed by atoms with van der Waals surface area (Å²) in [6.07, 6.45) is 2.29. The summed E-state index contributed by atoms with van der Waals surface area (Å²) in [6, 6.07) is 16.8. The van der Waals surface area contributed by atoms with E-state index in [1.54, 1.807) is 7.05 Å². The summed E-state index contributed by atoms with van der Waals surface area (Å²) in [5.74, 6) is 0.0694. The van der Waals surface area contributed by atoms with Gasteiger partial charge in [0.25, 0.3) is 5.91 Å². The van der Waals surface area contributed by atoms with Crippen molar-refractivity contribution in [2.24, 2.45) is 0 Å². The molecule has 0 atom stereocenters. The Labute approximate surface area is 151 Å².